The highest BCUT2D eigenvalue weighted by Crippen LogP contribution is 2.39. The minimum absolute atomic E-state index is 0.0163. The highest BCUT2D eigenvalue weighted by molar-refractivity contribution is 5.81. The Hall–Kier alpha value is -6.88. The third-order valence-electron chi connectivity index (χ3n) is 5.90. The molecule has 0 aliphatic rings. The molecule has 0 bridgehead atoms. The van der Waals surface area contributed by atoms with E-state index in [1.54, 1.807) is 0 Å². The molecule has 2 N–H and O–H groups in total. The maximum atomic E-state index is 13.2. The van der Waals surface area contributed by atoms with E-state index >= 15 is 0 Å². The molecule has 50 heavy (non-hydrogen) atoms. The number of non-ortho nitro benzene ring substituents is 2. The molecule has 0 atom stereocenters. The number of hydrazone groups is 1. The van der Waals surface area contributed by atoms with Gasteiger partial charge in [0, 0.05) is 23.9 Å². The van der Waals surface area contributed by atoms with Crippen LogP contribution in [0.25, 0.3) is 0 Å². The molecule has 0 saturated heterocycles. The lowest BCUT2D eigenvalue weighted by Crippen LogP contribution is -2.46. The van der Waals surface area contributed by atoms with E-state index in [1.165, 1.54) is 25.3 Å². The van der Waals surface area contributed by atoms with Gasteiger partial charge in [0.2, 0.25) is 11.7 Å². The quantitative estimate of drug-likeness (QED) is 0.0655. The van der Waals surface area contributed by atoms with Crippen LogP contribution in [-0.4, -0.2) is 61.5 Å². The van der Waals surface area contributed by atoms with Crippen LogP contribution in [0.5, 0.6) is 23.3 Å². The van der Waals surface area contributed by atoms with E-state index in [9.17, 15) is 56.7 Å². The van der Waals surface area contributed by atoms with Gasteiger partial charge in [-0.05, 0) is 42.0 Å². The molecule has 0 amide bonds. The summed E-state index contributed by atoms with van der Waals surface area (Å²) in [6.45, 7) is 0. The monoisotopic (exact) mass is 713 g/mol. The smallest absolute Gasteiger partial charge is 0.434 e. The molecule has 0 spiro atoms. The number of anilines is 3. The first kappa shape index (κ1) is 36.0. The number of hydrogen-bond acceptors (Lipinski definition) is 15. The number of halogens is 6. The topological polar surface area (TPSA) is 232 Å². The van der Waals surface area contributed by atoms with Crippen LogP contribution in [0.3, 0.4) is 0 Å². The fraction of sp³-hybridized carbons (Fsp3) is 0.154. The van der Waals surface area contributed by atoms with Crippen molar-refractivity contribution < 1.29 is 55.3 Å². The molecule has 4 rings (SSSR count). The number of aromatic nitrogens is 3. The Morgan fingerprint density at radius 1 is 0.760 bits per heavy atom. The number of nitrogens with one attached hydrogen (secondary N) is 2. The van der Waals surface area contributed by atoms with E-state index in [0.717, 1.165) is 42.6 Å². The van der Waals surface area contributed by atoms with Crippen molar-refractivity contribution in [3.63, 3.8) is 0 Å². The van der Waals surface area contributed by atoms with Gasteiger partial charge in [-0.2, -0.15) is 46.4 Å². The van der Waals surface area contributed by atoms with Crippen molar-refractivity contribution in [1.82, 2.24) is 15.0 Å². The predicted octanol–water partition coefficient (Wildman–Crippen LogP) is 6.46. The minimum atomic E-state index is -5.92. The van der Waals surface area contributed by atoms with Crippen molar-refractivity contribution in [3.8, 4) is 23.3 Å². The van der Waals surface area contributed by atoms with Gasteiger partial charge in [0.25, 0.3) is 23.4 Å². The molecule has 24 heteroatoms. The molecule has 0 radical (unpaired) electrons. The number of nitro benzene ring substituents is 3. The van der Waals surface area contributed by atoms with E-state index in [0.29, 0.717) is 6.07 Å². The number of nitrogens with zero attached hydrogens (tertiary/aromatic N) is 7. The molecule has 1 heterocycles. The zero-order valence-corrected chi connectivity index (χ0v) is 24.5. The molecule has 0 fully saturated rings. The van der Waals surface area contributed by atoms with Gasteiger partial charge in [0.1, 0.15) is 0 Å². The second-order valence-electron chi connectivity index (χ2n) is 9.32. The second kappa shape index (κ2) is 14.5. The van der Waals surface area contributed by atoms with Crippen LogP contribution < -0.4 is 25.0 Å². The molecule has 1 aromatic heterocycles. The Kier molecular flexibility index (Phi) is 10.4. The number of rotatable bonds is 13. The highest BCUT2D eigenvalue weighted by atomic mass is 19.4. The van der Waals surface area contributed by atoms with Crippen molar-refractivity contribution in [2.24, 2.45) is 5.10 Å². The summed E-state index contributed by atoms with van der Waals surface area (Å²) < 4.78 is 93.8. The summed E-state index contributed by atoms with van der Waals surface area (Å²) in [6, 6.07) is 9.61. The second-order valence-corrected chi connectivity index (χ2v) is 9.32. The molecular weight excluding hydrogens is 696 g/mol. The largest absolute Gasteiger partial charge is 0.493 e. The third kappa shape index (κ3) is 9.14. The summed E-state index contributed by atoms with van der Waals surface area (Å²) >= 11 is 0. The van der Waals surface area contributed by atoms with Gasteiger partial charge in [-0.25, -0.2) is 5.43 Å². The van der Waals surface area contributed by atoms with Crippen molar-refractivity contribution in [2.75, 3.05) is 17.9 Å². The fourth-order valence-electron chi connectivity index (χ4n) is 3.72. The summed E-state index contributed by atoms with van der Waals surface area (Å²) in [6.07, 6.45) is -15.1. The fourth-order valence-corrected chi connectivity index (χ4v) is 3.72. The van der Waals surface area contributed by atoms with Gasteiger partial charge < -0.3 is 19.5 Å². The lowest BCUT2D eigenvalue weighted by atomic mass is 10.2. The molecule has 3 aromatic carbocycles. The van der Waals surface area contributed by atoms with Gasteiger partial charge >= 0.3 is 24.1 Å². The van der Waals surface area contributed by atoms with Crippen molar-refractivity contribution >= 4 is 40.9 Å². The first-order chi connectivity index (χ1) is 23.4. The van der Waals surface area contributed by atoms with Gasteiger partial charge in [-0.1, -0.05) is 0 Å². The number of nitro groups is 3. The van der Waals surface area contributed by atoms with Crippen LogP contribution >= 0.6 is 0 Å². The molecule has 0 unspecified atom stereocenters. The Bertz CT molecular complexity index is 1930. The van der Waals surface area contributed by atoms with Gasteiger partial charge in [-0.3, -0.25) is 30.3 Å². The highest BCUT2D eigenvalue weighted by Gasteiger charge is 2.59. The predicted molar refractivity (Wildman–Crippen MR) is 157 cm³/mol. The van der Waals surface area contributed by atoms with Gasteiger partial charge in [0.05, 0.1) is 34.2 Å². The van der Waals surface area contributed by atoms with Crippen molar-refractivity contribution in [1.29, 1.82) is 0 Å². The molecule has 4 aromatic rings. The summed E-state index contributed by atoms with van der Waals surface area (Å²) in [5.74, 6) is -1.80. The lowest BCUT2D eigenvalue weighted by Gasteiger charge is -2.22. The van der Waals surface area contributed by atoms with E-state index in [-0.39, 0.29) is 34.2 Å². The Balaban J connectivity index is 1.60. The van der Waals surface area contributed by atoms with Crippen LogP contribution in [0.15, 0.2) is 65.8 Å². The zero-order valence-electron chi connectivity index (χ0n) is 24.5. The van der Waals surface area contributed by atoms with Crippen molar-refractivity contribution in [2.45, 2.75) is 18.5 Å². The number of methoxy groups -OCH3 is 1. The number of hydrogen-bond donors (Lipinski definition) is 2. The van der Waals surface area contributed by atoms with Crippen LogP contribution in [0.1, 0.15) is 5.56 Å². The molecule has 0 aliphatic carbocycles. The van der Waals surface area contributed by atoms with Crippen LogP contribution in [0.4, 0.5) is 61.0 Å². The summed E-state index contributed by atoms with van der Waals surface area (Å²) in [5, 5.41) is 39.6. The SMILES string of the molecule is COc1cc(C=NNc2nc(Nc3ccc([N+](=O)[O-])cc3)nc(OC(C(F)(F)F)C(F)(F)F)n2)ccc1Oc1ccc([N+](=O)[O-])cc1[N+](=O)[O-]. The van der Waals surface area contributed by atoms with Crippen LogP contribution in [0, 0.1) is 30.3 Å². The van der Waals surface area contributed by atoms with E-state index in [2.05, 4.69) is 35.5 Å². The number of benzene rings is 3. The van der Waals surface area contributed by atoms with E-state index < -0.39 is 62.5 Å². The normalized spacial score (nSPS) is 11.7. The standard InChI is InChI=1S/C26H17F6N9O9/c1-48-20-10-13(2-8-19(20)49-18-9-7-16(40(44)45)11-17(18)41(46)47)12-33-38-23-35-22(34-14-3-5-15(6-4-14)39(42)43)36-24(37-23)50-21(25(27,28)29)26(30,31)32/h2-12,21H,1H3,(H2,34,35,36,37,38). The van der Waals surface area contributed by atoms with Crippen LogP contribution in [-0.2, 0) is 0 Å². The maximum Gasteiger partial charge on any atom is 0.434 e. The third-order valence-corrected chi connectivity index (χ3v) is 5.90. The Labute approximate surface area is 272 Å². The molecule has 18 nitrogen and oxygen atoms in total. The van der Waals surface area contributed by atoms with Crippen molar-refractivity contribution in [3.05, 3.63) is 96.6 Å². The first-order valence-corrected chi connectivity index (χ1v) is 13.1. The maximum absolute atomic E-state index is 13.2. The summed E-state index contributed by atoms with van der Waals surface area (Å²) in [5.41, 5.74) is 0.869. The molecule has 0 aliphatic heterocycles. The summed E-state index contributed by atoms with van der Waals surface area (Å²) in [4.78, 5) is 41.5. The average Bonchev–Trinajstić information content (AvgIpc) is 3.03. The first-order valence-electron chi connectivity index (χ1n) is 13.1. The number of alkyl halides is 6. The molecule has 262 valence electrons. The average molecular weight is 713 g/mol. The van der Waals surface area contributed by atoms with Crippen LogP contribution in [0.2, 0.25) is 0 Å². The number of ether oxygens (including phenoxy) is 3. The lowest BCUT2D eigenvalue weighted by molar-refractivity contribution is -0.394. The molecule has 0 saturated carbocycles. The van der Waals surface area contributed by atoms with Gasteiger partial charge in [-0.15, -0.1) is 0 Å². The van der Waals surface area contributed by atoms with Gasteiger partial charge in [0.15, 0.2) is 11.5 Å². The van der Waals surface area contributed by atoms with E-state index in [1.807, 2.05) is 0 Å². The molecular formula is C26H17F6N9O9. The minimum Gasteiger partial charge on any atom is -0.493 e. The Morgan fingerprint density at radius 2 is 1.36 bits per heavy atom. The van der Waals surface area contributed by atoms with E-state index in [4.69, 9.17) is 9.47 Å². The zero-order chi connectivity index (χ0) is 36.8. The summed E-state index contributed by atoms with van der Waals surface area (Å²) in [7, 11) is 1.21. The Morgan fingerprint density at radius 3 is 1.94 bits per heavy atom.